The maximum Gasteiger partial charge on any atom is 0.263 e. The Bertz CT molecular complexity index is 593. The standard InChI is InChI=1S/C17H25N3O2S/c1-3-14-16(23-11(2)19-14)17(22)18-9-12-8-15(21)20(10-12)13-6-4-5-7-13/h12-13H,3-10H2,1-2H3,(H,18,22)/t12-/m1/s1. The van der Waals surface area contributed by atoms with E-state index >= 15 is 0 Å². The van der Waals surface area contributed by atoms with Crippen molar-refractivity contribution in [3.05, 3.63) is 15.6 Å². The Morgan fingerprint density at radius 1 is 1.39 bits per heavy atom. The summed E-state index contributed by atoms with van der Waals surface area (Å²) < 4.78 is 0. The number of nitrogens with one attached hydrogen (secondary N) is 1. The summed E-state index contributed by atoms with van der Waals surface area (Å²) in [7, 11) is 0. The van der Waals surface area contributed by atoms with Crippen molar-refractivity contribution in [2.24, 2.45) is 5.92 Å². The van der Waals surface area contributed by atoms with Gasteiger partial charge in [-0.1, -0.05) is 19.8 Å². The zero-order valence-corrected chi connectivity index (χ0v) is 14.7. The molecular formula is C17H25N3O2S. The van der Waals surface area contributed by atoms with Crippen molar-refractivity contribution >= 4 is 23.2 Å². The number of thiazole rings is 1. The molecule has 0 spiro atoms. The summed E-state index contributed by atoms with van der Waals surface area (Å²) in [4.78, 5) is 31.7. The van der Waals surface area contributed by atoms with E-state index in [1.807, 2.05) is 13.8 Å². The van der Waals surface area contributed by atoms with Crippen LogP contribution >= 0.6 is 11.3 Å². The van der Waals surface area contributed by atoms with Gasteiger partial charge in [-0.2, -0.15) is 0 Å². The van der Waals surface area contributed by atoms with E-state index in [4.69, 9.17) is 0 Å². The van der Waals surface area contributed by atoms with Gasteiger partial charge >= 0.3 is 0 Å². The predicted octanol–water partition coefficient (Wildman–Crippen LogP) is 2.53. The maximum absolute atomic E-state index is 12.4. The first-order valence-electron chi connectivity index (χ1n) is 8.62. The average molecular weight is 335 g/mol. The topological polar surface area (TPSA) is 62.3 Å². The van der Waals surface area contributed by atoms with Crippen molar-refractivity contribution < 1.29 is 9.59 Å². The van der Waals surface area contributed by atoms with E-state index in [1.54, 1.807) is 0 Å². The molecule has 2 fully saturated rings. The Hall–Kier alpha value is -1.43. The van der Waals surface area contributed by atoms with E-state index in [9.17, 15) is 9.59 Å². The molecule has 1 N–H and O–H groups in total. The summed E-state index contributed by atoms with van der Waals surface area (Å²) in [5.74, 6) is 0.462. The van der Waals surface area contributed by atoms with E-state index in [0.29, 0.717) is 19.0 Å². The fraction of sp³-hybridized carbons (Fsp3) is 0.706. The predicted molar refractivity (Wildman–Crippen MR) is 90.6 cm³/mol. The molecule has 0 unspecified atom stereocenters. The molecule has 1 aromatic rings. The minimum absolute atomic E-state index is 0.0424. The molecule has 1 aromatic heterocycles. The van der Waals surface area contributed by atoms with Crippen LogP contribution in [0.2, 0.25) is 0 Å². The second-order valence-electron chi connectivity index (χ2n) is 6.63. The van der Waals surface area contributed by atoms with Crippen molar-refractivity contribution in [1.82, 2.24) is 15.2 Å². The molecule has 1 saturated carbocycles. The quantitative estimate of drug-likeness (QED) is 0.899. The van der Waals surface area contributed by atoms with Crippen molar-refractivity contribution in [2.45, 2.75) is 58.4 Å². The van der Waals surface area contributed by atoms with E-state index in [0.717, 1.165) is 41.4 Å². The van der Waals surface area contributed by atoms with Crippen LogP contribution in [0.25, 0.3) is 0 Å². The Kier molecular flexibility index (Phi) is 4.99. The molecule has 2 heterocycles. The molecule has 2 amide bonds. The van der Waals surface area contributed by atoms with E-state index < -0.39 is 0 Å². The lowest BCUT2D eigenvalue weighted by Crippen LogP contribution is -2.36. The number of likely N-dealkylation sites (tertiary alicyclic amines) is 1. The number of carbonyl (C=O) groups is 2. The number of hydrogen-bond donors (Lipinski definition) is 1. The van der Waals surface area contributed by atoms with Crippen LogP contribution in [-0.2, 0) is 11.2 Å². The molecule has 1 saturated heterocycles. The molecule has 0 radical (unpaired) electrons. The molecule has 6 heteroatoms. The highest BCUT2D eigenvalue weighted by Gasteiger charge is 2.35. The van der Waals surface area contributed by atoms with Gasteiger partial charge in [0.2, 0.25) is 5.91 Å². The summed E-state index contributed by atoms with van der Waals surface area (Å²) >= 11 is 1.45. The van der Waals surface area contributed by atoms with Gasteiger partial charge < -0.3 is 10.2 Å². The van der Waals surface area contributed by atoms with Crippen LogP contribution in [0.1, 0.15) is 59.4 Å². The van der Waals surface area contributed by atoms with E-state index in [2.05, 4.69) is 15.2 Å². The monoisotopic (exact) mass is 335 g/mol. The van der Waals surface area contributed by atoms with Gasteiger partial charge in [-0.25, -0.2) is 4.98 Å². The van der Waals surface area contributed by atoms with E-state index in [-0.39, 0.29) is 17.7 Å². The lowest BCUT2D eigenvalue weighted by Gasteiger charge is -2.24. The zero-order valence-electron chi connectivity index (χ0n) is 13.9. The van der Waals surface area contributed by atoms with Gasteiger partial charge in [0.1, 0.15) is 4.88 Å². The third kappa shape index (κ3) is 3.57. The lowest BCUT2D eigenvalue weighted by molar-refractivity contribution is -0.129. The Morgan fingerprint density at radius 2 is 2.13 bits per heavy atom. The van der Waals surface area contributed by atoms with Crippen molar-refractivity contribution in [3.63, 3.8) is 0 Å². The van der Waals surface area contributed by atoms with Gasteiger partial charge in [-0.3, -0.25) is 9.59 Å². The van der Waals surface area contributed by atoms with Crippen LogP contribution in [0.5, 0.6) is 0 Å². The molecule has 23 heavy (non-hydrogen) atoms. The first-order valence-corrected chi connectivity index (χ1v) is 9.44. The summed E-state index contributed by atoms with van der Waals surface area (Å²) in [6, 6.07) is 0.444. The van der Waals surface area contributed by atoms with Crippen LogP contribution in [0.3, 0.4) is 0 Å². The number of carbonyl (C=O) groups excluding carboxylic acids is 2. The first-order chi connectivity index (χ1) is 11.1. The van der Waals surface area contributed by atoms with Crippen LogP contribution in [0.4, 0.5) is 0 Å². The molecule has 126 valence electrons. The SMILES string of the molecule is CCc1nc(C)sc1C(=O)NC[C@H]1CC(=O)N(C2CCCC2)C1. The third-order valence-electron chi connectivity index (χ3n) is 4.90. The molecule has 1 aliphatic carbocycles. The summed E-state index contributed by atoms with van der Waals surface area (Å²) in [6.45, 7) is 5.32. The minimum atomic E-state index is -0.0424. The highest BCUT2D eigenvalue weighted by molar-refractivity contribution is 7.13. The van der Waals surface area contributed by atoms with Gasteiger partial charge in [-0.05, 0) is 26.2 Å². The second kappa shape index (κ2) is 6.99. The zero-order chi connectivity index (χ0) is 16.4. The van der Waals surface area contributed by atoms with Crippen molar-refractivity contribution in [2.75, 3.05) is 13.1 Å². The molecule has 0 aromatic carbocycles. The number of rotatable bonds is 5. The Balaban J connectivity index is 1.54. The van der Waals surface area contributed by atoms with Crippen molar-refractivity contribution in [3.8, 4) is 0 Å². The van der Waals surface area contributed by atoms with Crippen LogP contribution in [0.15, 0.2) is 0 Å². The summed E-state index contributed by atoms with van der Waals surface area (Å²) in [5, 5.41) is 3.94. The summed E-state index contributed by atoms with van der Waals surface area (Å²) in [6.07, 6.45) is 6.10. The molecule has 1 aliphatic heterocycles. The van der Waals surface area contributed by atoms with Crippen molar-refractivity contribution in [1.29, 1.82) is 0 Å². The Labute approximate surface area is 141 Å². The molecule has 1 atom stereocenters. The Morgan fingerprint density at radius 3 is 2.83 bits per heavy atom. The van der Waals surface area contributed by atoms with Crippen LogP contribution in [-0.4, -0.2) is 40.8 Å². The lowest BCUT2D eigenvalue weighted by atomic mass is 10.1. The van der Waals surface area contributed by atoms with E-state index in [1.165, 1.54) is 24.2 Å². The molecule has 0 bridgehead atoms. The molecule has 5 nitrogen and oxygen atoms in total. The van der Waals surface area contributed by atoms with Gasteiger partial charge in [0.25, 0.3) is 5.91 Å². The smallest absolute Gasteiger partial charge is 0.263 e. The molecular weight excluding hydrogens is 310 g/mol. The average Bonchev–Trinajstić information content (AvgIpc) is 3.24. The highest BCUT2D eigenvalue weighted by atomic mass is 32.1. The van der Waals surface area contributed by atoms with Gasteiger partial charge in [0.05, 0.1) is 10.7 Å². The van der Waals surface area contributed by atoms with Crippen LogP contribution in [0, 0.1) is 12.8 Å². The number of aromatic nitrogens is 1. The van der Waals surface area contributed by atoms with Gasteiger partial charge in [0.15, 0.2) is 0 Å². The maximum atomic E-state index is 12.4. The summed E-state index contributed by atoms with van der Waals surface area (Å²) in [5.41, 5.74) is 0.875. The third-order valence-corrected chi connectivity index (χ3v) is 5.91. The molecule has 3 rings (SSSR count). The second-order valence-corrected chi connectivity index (χ2v) is 7.83. The fourth-order valence-electron chi connectivity index (χ4n) is 3.72. The highest BCUT2D eigenvalue weighted by Crippen LogP contribution is 2.29. The number of aryl methyl sites for hydroxylation is 2. The number of amides is 2. The normalized spacial score (nSPS) is 22.1. The number of hydrogen-bond acceptors (Lipinski definition) is 4. The minimum Gasteiger partial charge on any atom is -0.351 e. The first kappa shape index (κ1) is 16.4. The van der Waals surface area contributed by atoms with Gasteiger partial charge in [0, 0.05) is 31.5 Å². The van der Waals surface area contributed by atoms with Gasteiger partial charge in [-0.15, -0.1) is 11.3 Å². The largest absolute Gasteiger partial charge is 0.351 e. The number of nitrogens with zero attached hydrogens (tertiary/aromatic N) is 2. The molecule has 2 aliphatic rings. The van der Waals surface area contributed by atoms with Crippen LogP contribution < -0.4 is 5.32 Å². The fourth-order valence-corrected chi connectivity index (χ4v) is 4.64.